The molecule has 2 amide bonds. The van der Waals surface area contributed by atoms with Gasteiger partial charge in [-0.1, -0.05) is 0 Å². The van der Waals surface area contributed by atoms with Crippen LogP contribution >= 0.6 is 0 Å². The van der Waals surface area contributed by atoms with Crippen LogP contribution in [0.1, 0.15) is 46.2 Å². The molecule has 1 fully saturated rings. The number of halogens is 3. The van der Waals surface area contributed by atoms with Crippen LogP contribution in [0.4, 0.5) is 23.7 Å². The summed E-state index contributed by atoms with van der Waals surface area (Å²) in [5.74, 6) is 0. The fourth-order valence-electron chi connectivity index (χ4n) is 3.29. The summed E-state index contributed by atoms with van der Waals surface area (Å²) in [6, 6.07) is 1.99. The van der Waals surface area contributed by atoms with Crippen LogP contribution in [0.25, 0.3) is 0 Å². The molecule has 1 aromatic heterocycles. The van der Waals surface area contributed by atoms with Gasteiger partial charge >= 0.3 is 12.2 Å². The molecule has 8 heteroatoms. The first-order chi connectivity index (χ1) is 11.5. The molecule has 0 saturated carbocycles. The molecule has 0 radical (unpaired) electrons. The first kappa shape index (κ1) is 19.5. The lowest BCUT2D eigenvalue weighted by Crippen LogP contribution is -2.55. The molecular weight excluding hydrogens is 333 g/mol. The monoisotopic (exact) mass is 358 g/mol. The maximum atomic E-state index is 12.5. The van der Waals surface area contributed by atoms with Gasteiger partial charge in [-0.25, -0.2) is 9.78 Å². The van der Waals surface area contributed by atoms with Gasteiger partial charge in [0, 0.05) is 24.2 Å². The number of nitrogens with zero attached hydrogens (tertiary/aromatic N) is 2. The van der Waals surface area contributed by atoms with Gasteiger partial charge in [0.05, 0.1) is 11.9 Å². The van der Waals surface area contributed by atoms with Crippen molar-refractivity contribution < 1.29 is 18.0 Å². The summed E-state index contributed by atoms with van der Waals surface area (Å²) in [4.78, 5) is 17.8. The minimum atomic E-state index is -4.49. The summed E-state index contributed by atoms with van der Waals surface area (Å²) in [6.45, 7) is 9.53. The fraction of sp³-hybridized carbons (Fsp3) is 0.647. The summed E-state index contributed by atoms with van der Waals surface area (Å²) < 4.78 is 37.4. The van der Waals surface area contributed by atoms with Crippen molar-refractivity contribution in [1.29, 1.82) is 0 Å². The molecule has 1 aliphatic rings. The van der Waals surface area contributed by atoms with Gasteiger partial charge in [0.1, 0.15) is 5.69 Å². The van der Waals surface area contributed by atoms with Crippen molar-refractivity contribution >= 4 is 11.7 Å². The van der Waals surface area contributed by atoms with E-state index in [1.807, 2.05) is 0 Å². The van der Waals surface area contributed by atoms with Gasteiger partial charge in [-0.2, -0.15) is 13.2 Å². The number of likely N-dealkylation sites (tertiary alicyclic amines) is 1. The summed E-state index contributed by atoms with van der Waals surface area (Å²) >= 11 is 0. The Hall–Kier alpha value is -1.83. The number of carbonyl (C=O) groups is 1. The van der Waals surface area contributed by atoms with Crippen molar-refractivity contribution in [2.45, 2.75) is 64.3 Å². The SMILES string of the molecule is C[C@@H]1C[C@H](NC(=O)Nc2ccc(C(F)(F)F)nc2)CCN1C(C)(C)C. The zero-order valence-corrected chi connectivity index (χ0v) is 14.9. The average molecular weight is 358 g/mol. The minimum absolute atomic E-state index is 0.0380. The van der Waals surface area contributed by atoms with Crippen LogP contribution < -0.4 is 10.6 Å². The van der Waals surface area contributed by atoms with Crippen LogP contribution in [0.15, 0.2) is 18.3 Å². The fourth-order valence-corrected chi connectivity index (χ4v) is 3.29. The number of hydrogen-bond donors (Lipinski definition) is 2. The van der Waals surface area contributed by atoms with Crippen molar-refractivity contribution in [1.82, 2.24) is 15.2 Å². The van der Waals surface area contributed by atoms with Crippen LogP contribution in [0.2, 0.25) is 0 Å². The molecule has 25 heavy (non-hydrogen) atoms. The number of carbonyl (C=O) groups excluding carboxylic acids is 1. The predicted molar refractivity (Wildman–Crippen MR) is 90.3 cm³/mol. The van der Waals surface area contributed by atoms with E-state index >= 15 is 0 Å². The number of rotatable bonds is 2. The molecule has 2 heterocycles. The zero-order valence-electron chi connectivity index (χ0n) is 14.9. The number of urea groups is 1. The number of aromatic nitrogens is 1. The van der Waals surface area contributed by atoms with E-state index in [-0.39, 0.29) is 17.3 Å². The van der Waals surface area contributed by atoms with E-state index in [9.17, 15) is 18.0 Å². The number of nitrogens with one attached hydrogen (secondary N) is 2. The van der Waals surface area contributed by atoms with Crippen molar-refractivity contribution in [2.75, 3.05) is 11.9 Å². The molecule has 0 bridgehead atoms. The Kier molecular flexibility index (Phi) is 5.61. The highest BCUT2D eigenvalue weighted by molar-refractivity contribution is 5.89. The van der Waals surface area contributed by atoms with Gasteiger partial charge in [-0.05, 0) is 52.7 Å². The van der Waals surface area contributed by atoms with Crippen LogP contribution in [0.5, 0.6) is 0 Å². The first-order valence-corrected chi connectivity index (χ1v) is 8.34. The van der Waals surface area contributed by atoms with Gasteiger partial charge in [-0.15, -0.1) is 0 Å². The molecule has 2 atom stereocenters. The Labute approximate surface area is 146 Å². The van der Waals surface area contributed by atoms with E-state index in [4.69, 9.17) is 0 Å². The van der Waals surface area contributed by atoms with Crippen LogP contribution in [-0.2, 0) is 6.18 Å². The van der Waals surface area contributed by atoms with E-state index in [2.05, 4.69) is 48.2 Å². The van der Waals surface area contributed by atoms with Crippen molar-refractivity contribution in [3.63, 3.8) is 0 Å². The zero-order chi connectivity index (χ0) is 18.8. The third-order valence-corrected chi connectivity index (χ3v) is 4.38. The highest BCUT2D eigenvalue weighted by Gasteiger charge is 2.33. The molecule has 140 valence electrons. The summed E-state index contributed by atoms with van der Waals surface area (Å²) in [5, 5.41) is 5.42. The largest absolute Gasteiger partial charge is 0.433 e. The normalized spacial score (nSPS) is 22.5. The quantitative estimate of drug-likeness (QED) is 0.844. The standard InChI is InChI=1S/C17H25F3N4O/c1-11-9-12(7-8-24(11)16(2,3)4)22-15(25)23-13-5-6-14(21-10-13)17(18,19)20/h5-6,10-12H,7-9H2,1-4H3,(H2,22,23,25)/t11-,12-/m1/s1. The van der Waals surface area contributed by atoms with E-state index < -0.39 is 17.9 Å². The third kappa shape index (κ3) is 5.32. The highest BCUT2D eigenvalue weighted by atomic mass is 19.4. The molecule has 0 aromatic carbocycles. The van der Waals surface area contributed by atoms with Crippen molar-refractivity contribution in [2.24, 2.45) is 0 Å². The molecule has 1 aliphatic heterocycles. The van der Waals surface area contributed by atoms with Gasteiger partial charge in [0.15, 0.2) is 0 Å². The maximum Gasteiger partial charge on any atom is 0.433 e. The Morgan fingerprint density at radius 3 is 2.44 bits per heavy atom. The highest BCUT2D eigenvalue weighted by Crippen LogP contribution is 2.28. The predicted octanol–water partition coefficient (Wildman–Crippen LogP) is 3.87. The van der Waals surface area contributed by atoms with Crippen LogP contribution in [0.3, 0.4) is 0 Å². The minimum Gasteiger partial charge on any atom is -0.335 e. The lowest BCUT2D eigenvalue weighted by molar-refractivity contribution is -0.141. The second-order valence-corrected chi connectivity index (χ2v) is 7.46. The van der Waals surface area contributed by atoms with E-state index in [1.54, 1.807) is 0 Å². The second-order valence-electron chi connectivity index (χ2n) is 7.46. The summed E-state index contributed by atoms with van der Waals surface area (Å²) in [5.41, 5.74) is -0.675. The number of anilines is 1. The molecule has 2 N–H and O–H groups in total. The number of piperidine rings is 1. The van der Waals surface area contributed by atoms with E-state index in [1.165, 1.54) is 6.07 Å². The molecule has 0 aliphatic carbocycles. The Morgan fingerprint density at radius 1 is 1.28 bits per heavy atom. The second kappa shape index (κ2) is 7.19. The molecule has 5 nitrogen and oxygen atoms in total. The molecule has 0 spiro atoms. The van der Waals surface area contributed by atoms with Gasteiger partial charge in [-0.3, -0.25) is 4.90 Å². The number of alkyl halides is 3. The first-order valence-electron chi connectivity index (χ1n) is 8.34. The molecule has 1 saturated heterocycles. The Morgan fingerprint density at radius 2 is 1.96 bits per heavy atom. The van der Waals surface area contributed by atoms with Crippen molar-refractivity contribution in [3.05, 3.63) is 24.0 Å². The van der Waals surface area contributed by atoms with Gasteiger partial charge in [0.2, 0.25) is 0 Å². The lowest BCUT2D eigenvalue weighted by atomic mass is 9.92. The number of amides is 2. The Bertz CT molecular complexity index is 595. The average Bonchev–Trinajstić information content (AvgIpc) is 2.45. The smallest absolute Gasteiger partial charge is 0.335 e. The Balaban J connectivity index is 1.87. The molecular formula is C17H25F3N4O. The third-order valence-electron chi connectivity index (χ3n) is 4.38. The molecule has 0 unspecified atom stereocenters. The molecule has 2 rings (SSSR count). The van der Waals surface area contributed by atoms with Gasteiger partial charge < -0.3 is 10.6 Å². The maximum absolute atomic E-state index is 12.5. The summed E-state index contributed by atoms with van der Waals surface area (Å²) in [7, 11) is 0. The topological polar surface area (TPSA) is 57.3 Å². The van der Waals surface area contributed by atoms with Crippen LogP contribution in [-0.4, -0.2) is 40.1 Å². The van der Waals surface area contributed by atoms with Gasteiger partial charge in [0.25, 0.3) is 0 Å². The molecule has 1 aromatic rings. The van der Waals surface area contributed by atoms with Crippen LogP contribution in [0, 0.1) is 0 Å². The van der Waals surface area contributed by atoms with E-state index in [0.29, 0.717) is 6.04 Å². The number of hydrogen-bond acceptors (Lipinski definition) is 3. The summed E-state index contributed by atoms with van der Waals surface area (Å²) in [6.07, 6.45) is -1.82. The lowest BCUT2D eigenvalue weighted by Gasteiger charge is -2.45. The van der Waals surface area contributed by atoms with Crippen molar-refractivity contribution in [3.8, 4) is 0 Å². The van der Waals surface area contributed by atoms with E-state index in [0.717, 1.165) is 31.6 Å². The number of pyridine rings is 1.